The summed E-state index contributed by atoms with van der Waals surface area (Å²) in [5.74, 6) is -2.40. The molecule has 2 fully saturated rings. The van der Waals surface area contributed by atoms with Crippen molar-refractivity contribution in [2.45, 2.75) is 25.5 Å². The lowest BCUT2D eigenvalue weighted by molar-refractivity contribution is 0.1000. The summed E-state index contributed by atoms with van der Waals surface area (Å²) in [6.07, 6.45) is 3.33. The summed E-state index contributed by atoms with van der Waals surface area (Å²) in [7, 11) is -3.67. The smallest absolute Gasteiger partial charge is 0.316 e. The molecule has 3 aromatic carbocycles. The van der Waals surface area contributed by atoms with E-state index in [1.54, 1.807) is 42.5 Å². The molecule has 1 aliphatic heterocycles. The maximum atomic E-state index is 13.9. The number of hydrogen-bond donors (Lipinski definition) is 1. The van der Waals surface area contributed by atoms with Crippen LogP contribution in [0.15, 0.2) is 77.7 Å². The number of amides is 1. The molecule has 0 spiro atoms. The van der Waals surface area contributed by atoms with Crippen molar-refractivity contribution in [1.29, 1.82) is 0 Å². The van der Waals surface area contributed by atoms with E-state index in [0.29, 0.717) is 29.5 Å². The molecule has 1 aliphatic carbocycles. The number of rotatable bonds is 10. The predicted octanol–water partition coefficient (Wildman–Crippen LogP) is 4.11. The number of carbonyl (C=O) groups is 1. The van der Waals surface area contributed by atoms with Gasteiger partial charge in [-0.3, -0.25) is 9.59 Å². The highest BCUT2D eigenvalue weighted by Gasteiger charge is 2.39. The average Bonchev–Trinajstić information content (AvgIpc) is 3.77. The Labute approximate surface area is 265 Å². The lowest BCUT2D eigenvalue weighted by atomic mass is 10.0. The zero-order valence-corrected chi connectivity index (χ0v) is 26.0. The lowest BCUT2D eigenvalue weighted by Crippen LogP contribution is -2.49. The Morgan fingerprint density at radius 2 is 1.63 bits per heavy atom. The van der Waals surface area contributed by atoms with Crippen LogP contribution in [0.1, 0.15) is 35.7 Å². The quantitative estimate of drug-likeness (QED) is 0.274. The molecule has 0 atom stereocenters. The number of aromatic nitrogens is 2. The summed E-state index contributed by atoms with van der Waals surface area (Å²) in [6, 6.07) is 16.8. The van der Waals surface area contributed by atoms with E-state index in [2.05, 4.69) is 5.10 Å². The molecule has 0 radical (unpaired) electrons. The second-order valence-corrected chi connectivity index (χ2v) is 14.1. The third kappa shape index (κ3) is 6.80. The number of nitrogens with two attached hydrogens (primary N) is 1. The van der Waals surface area contributed by atoms with Crippen LogP contribution in [0.3, 0.4) is 0 Å². The fourth-order valence-corrected chi connectivity index (χ4v) is 6.91. The number of hydrogen-bond acceptors (Lipinski definition) is 7. The topological polar surface area (TPSA) is 128 Å². The molecule has 1 aromatic heterocycles. The molecule has 6 rings (SSSR count). The van der Waals surface area contributed by atoms with Gasteiger partial charge in [-0.25, -0.2) is 17.2 Å². The molecule has 13 heteroatoms. The van der Waals surface area contributed by atoms with Gasteiger partial charge in [-0.15, -0.1) is 0 Å². The molecule has 0 bridgehead atoms. The molecule has 10 nitrogen and oxygen atoms in total. The van der Waals surface area contributed by atoms with Gasteiger partial charge < -0.3 is 15.4 Å². The summed E-state index contributed by atoms with van der Waals surface area (Å²) in [4.78, 5) is 26.9. The third-order valence-electron chi connectivity index (χ3n) is 8.43. The average molecular weight is 650 g/mol. The Hall–Kier alpha value is -4.62. The van der Waals surface area contributed by atoms with Crippen LogP contribution in [0.25, 0.3) is 16.8 Å². The molecule has 0 unspecified atom stereocenters. The Kier molecular flexibility index (Phi) is 8.38. The number of ether oxygens (including phenoxy) is 1. The van der Waals surface area contributed by atoms with Gasteiger partial charge in [0.1, 0.15) is 17.3 Å². The van der Waals surface area contributed by atoms with Gasteiger partial charge in [-0.2, -0.15) is 14.1 Å². The van der Waals surface area contributed by atoms with Crippen LogP contribution in [-0.2, 0) is 15.8 Å². The van der Waals surface area contributed by atoms with Crippen molar-refractivity contribution >= 4 is 21.6 Å². The molecule has 1 saturated heterocycles. The number of halogens is 2. The van der Waals surface area contributed by atoms with E-state index < -0.39 is 33.1 Å². The van der Waals surface area contributed by atoms with E-state index in [4.69, 9.17) is 10.5 Å². The summed E-state index contributed by atoms with van der Waals surface area (Å²) in [5, 5.41) is 4.19. The molecular formula is C33H33F2N5O5S. The van der Waals surface area contributed by atoms with E-state index in [1.165, 1.54) is 10.5 Å². The molecule has 1 amide bonds. The maximum absolute atomic E-state index is 13.9. The van der Waals surface area contributed by atoms with Crippen molar-refractivity contribution in [2.75, 3.05) is 37.7 Å². The van der Waals surface area contributed by atoms with Crippen LogP contribution in [0.2, 0.25) is 0 Å². The Bertz CT molecular complexity index is 1930. The van der Waals surface area contributed by atoms with E-state index in [9.17, 15) is 26.8 Å². The maximum Gasteiger partial charge on any atom is 0.316 e. The molecule has 1 saturated carbocycles. The summed E-state index contributed by atoms with van der Waals surface area (Å²) in [6.45, 7) is 3.25. The van der Waals surface area contributed by atoms with Gasteiger partial charge in [0.25, 0.3) is 0 Å². The van der Waals surface area contributed by atoms with Gasteiger partial charge in [-0.05, 0) is 53.8 Å². The second kappa shape index (κ2) is 12.3. The van der Waals surface area contributed by atoms with E-state index in [1.807, 2.05) is 17.9 Å². The number of sulfonamides is 1. The van der Waals surface area contributed by atoms with Crippen molar-refractivity contribution in [3.63, 3.8) is 0 Å². The number of piperazine rings is 1. The zero-order valence-electron chi connectivity index (χ0n) is 25.2. The van der Waals surface area contributed by atoms with Crippen molar-refractivity contribution in [1.82, 2.24) is 14.1 Å². The normalized spacial score (nSPS) is 16.3. The molecule has 4 aromatic rings. The SMILES string of the molecule is CC1(COc2c(N3CCN(S(=O)(=O)Cc4ccc(-c5cccc(C(N)=O)c5)cc4)CC3)cnn(-c3cc(F)cc(F)c3)c2=O)CC1. The van der Waals surface area contributed by atoms with Gasteiger partial charge in [0.05, 0.1) is 24.2 Å². The first-order valence-electron chi connectivity index (χ1n) is 14.8. The highest BCUT2D eigenvalue weighted by atomic mass is 32.2. The van der Waals surface area contributed by atoms with Crippen molar-refractivity contribution in [3.8, 4) is 22.6 Å². The first kappa shape index (κ1) is 31.4. The molecule has 2 heterocycles. The molecule has 2 N–H and O–H groups in total. The minimum Gasteiger partial charge on any atom is -0.486 e. The van der Waals surface area contributed by atoms with Gasteiger partial charge in [-0.1, -0.05) is 43.3 Å². The standard InChI is InChI=1S/C33H33F2N5O5S/c1-33(9-10-33)21-45-30-29(19-37-40(32(30)42)28-17-26(34)16-27(35)18-28)38-11-13-39(14-12-38)46(43,44)20-22-5-7-23(8-6-22)24-3-2-4-25(15-24)31(36)41/h2-8,15-19H,9-14,20-21H2,1H3,(H2,36,41). The summed E-state index contributed by atoms with van der Waals surface area (Å²) in [5.41, 5.74) is 7.62. The Morgan fingerprint density at radius 1 is 0.957 bits per heavy atom. The Morgan fingerprint density at radius 3 is 2.26 bits per heavy atom. The fraction of sp³-hybridized carbons (Fsp3) is 0.303. The van der Waals surface area contributed by atoms with Crippen LogP contribution in [0.5, 0.6) is 5.75 Å². The van der Waals surface area contributed by atoms with Crippen molar-refractivity contribution in [2.24, 2.45) is 11.1 Å². The zero-order chi connectivity index (χ0) is 32.6. The molecule has 46 heavy (non-hydrogen) atoms. The first-order valence-corrected chi connectivity index (χ1v) is 16.5. The third-order valence-corrected chi connectivity index (χ3v) is 10.3. The van der Waals surface area contributed by atoms with Crippen LogP contribution in [0.4, 0.5) is 14.5 Å². The largest absolute Gasteiger partial charge is 0.486 e. The summed E-state index contributed by atoms with van der Waals surface area (Å²) < 4.78 is 63.0. The summed E-state index contributed by atoms with van der Waals surface area (Å²) >= 11 is 0. The molecule has 2 aliphatic rings. The highest BCUT2D eigenvalue weighted by molar-refractivity contribution is 7.88. The number of carbonyl (C=O) groups excluding carboxylic acids is 1. The molecular weight excluding hydrogens is 616 g/mol. The van der Waals surface area contributed by atoms with Gasteiger partial charge in [0.2, 0.25) is 21.7 Å². The highest BCUT2D eigenvalue weighted by Crippen LogP contribution is 2.45. The van der Waals surface area contributed by atoms with Crippen LogP contribution >= 0.6 is 0 Å². The van der Waals surface area contributed by atoms with Crippen LogP contribution in [0, 0.1) is 17.0 Å². The van der Waals surface area contributed by atoms with Crippen LogP contribution < -0.4 is 20.9 Å². The monoisotopic (exact) mass is 649 g/mol. The van der Waals surface area contributed by atoms with Gasteiger partial charge in [0.15, 0.2) is 0 Å². The van der Waals surface area contributed by atoms with Crippen molar-refractivity contribution < 1.29 is 26.7 Å². The van der Waals surface area contributed by atoms with Crippen molar-refractivity contribution in [3.05, 3.63) is 106 Å². The van der Waals surface area contributed by atoms with E-state index in [0.717, 1.165) is 40.8 Å². The van der Waals surface area contributed by atoms with Gasteiger partial charge in [0, 0.05) is 43.2 Å². The number of anilines is 1. The number of benzene rings is 3. The first-order chi connectivity index (χ1) is 21.9. The number of primary amides is 1. The second-order valence-electron chi connectivity index (χ2n) is 12.1. The predicted molar refractivity (Wildman–Crippen MR) is 169 cm³/mol. The minimum absolute atomic E-state index is 0.00515. The van der Waals surface area contributed by atoms with E-state index in [-0.39, 0.29) is 48.8 Å². The van der Waals surface area contributed by atoms with Gasteiger partial charge >= 0.3 is 5.56 Å². The lowest BCUT2D eigenvalue weighted by Gasteiger charge is -2.35. The fourth-order valence-electron chi connectivity index (χ4n) is 5.39. The van der Waals surface area contributed by atoms with Crippen LogP contribution in [-0.4, -0.2) is 61.2 Å². The minimum atomic E-state index is -3.67. The van der Waals surface area contributed by atoms with E-state index >= 15 is 0 Å². The number of nitrogens with zero attached hydrogens (tertiary/aromatic N) is 4. The molecule has 240 valence electrons. The Balaban J connectivity index is 1.17.